The van der Waals surface area contributed by atoms with Gasteiger partial charge in [0.25, 0.3) is 0 Å². The third kappa shape index (κ3) is 1.53. The van der Waals surface area contributed by atoms with Gasteiger partial charge in [-0.15, -0.1) is 11.8 Å². The fourth-order valence-electron chi connectivity index (χ4n) is 1.33. The summed E-state index contributed by atoms with van der Waals surface area (Å²) < 4.78 is 0. The molecular formula is C10H8ClNOS. The van der Waals surface area contributed by atoms with Gasteiger partial charge in [-0.1, -0.05) is 29.8 Å². The second kappa shape index (κ2) is 3.67. The highest BCUT2D eigenvalue weighted by molar-refractivity contribution is 7.99. The molecule has 0 saturated heterocycles. The van der Waals surface area contributed by atoms with E-state index in [0.29, 0.717) is 16.4 Å². The number of carbonyl (C=O) groups excluding carboxylic acids is 1. The molecule has 0 saturated carbocycles. The molecule has 0 fully saturated rings. The first-order valence-electron chi connectivity index (χ1n) is 4.11. The van der Waals surface area contributed by atoms with Gasteiger partial charge >= 0.3 is 0 Å². The molecule has 2 N–H and O–H groups in total. The quantitative estimate of drug-likeness (QED) is 0.797. The summed E-state index contributed by atoms with van der Waals surface area (Å²) in [5.74, 6) is 0.127. The van der Waals surface area contributed by atoms with Gasteiger partial charge in [-0.2, -0.15) is 0 Å². The number of thioether (sulfide) groups is 1. The lowest BCUT2D eigenvalue weighted by Crippen LogP contribution is -2.18. The lowest BCUT2D eigenvalue weighted by Gasteiger charge is -2.16. The molecule has 1 heterocycles. The van der Waals surface area contributed by atoms with Gasteiger partial charge in [-0.3, -0.25) is 4.79 Å². The topological polar surface area (TPSA) is 43.1 Å². The number of benzene rings is 1. The summed E-state index contributed by atoms with van der Waals surface area (Å²) >= 11 is 7.66. The normalized spacial score (nSPS) is 15.2. The van der Waals surface area contributed by atoms with Gasteiger partial charge in [0.15, 0.2) is 0 Å². The number of halogens is 1. The van der Waals surface area contributed by atoms with Crippen LogP contribution in [0.2, 0.25) is 0 Å². The smallest absolute Gasteiger partial charge is 0.247 e. The molecule has 1 aromatic carbocycles. The lowest BCUT2D eigenvalue weighted by atomic mass is 10.1. The van der Waals surface area contributed by atoms with Gasteiger partial charge < -0.3 is 5.73 Å². The standard InChI is InChI=1S/C10H8ClNOS/c11-9-6-3-1-2-4-8(6)14-5-7(9)10(12)13/h1-4H,5H2,(H2,12,13). The van der Waals surface area contributed by atoms with E-state index in [4.69, 9.17) is 17.3 Å². The molecule has 4 heteroatoms. The van der Waals surface area contributed by atoms with E-state index in [1.165, 1.54) is 0 Å². The summed E-state index contributed by atoms with van der Waals surface area (Å²) in [6.07, 6.45) is 0. The van der Waals surface area contributed by atoms with Gasteiger partial charge in [0, 0.05) is 21.8 Å². The van der Waals surface area contributed by atoms with E-state index in [2.05, 4.69) is 0 Å². The highest BCUT2D eigenvalue weighted by Crippen LogP contribution is 2.38. The van der Waals surface area contributed by atoms with Crippen LogP contribution in [0.25, 0.3) is 5.03 Å². The fraction of sp³-hybridized carbons (Fsp3) is 0.100. The maximum Gasteiger partial charge on any atom is 0.247 e. The van der Waals surface area contributed by atoms with Crippen molar-refractivity contribution in [2.75, 3.05) is 5.75 Å². The zero-order chi connectivity index (χ0) is 10.1. The van der Waals surface area contributed by atoms with E-state index in [1.54, 1.807) is 11.8 Å². The number of rotatable bonds is 1. The van der Waals surface area contributed by atoms with Crippen molar-refractivity contribution >= 4 is 34.3 Å². The zero-order valence-electron chi connectivity index (χ0n) is 7.29. The van der Waals surface area contributed by atoms with Crippen LogP contribution in [0.15, 0.2) is 34.7 Å². The Kier molecular flexibility index (Phi) is 2.52. The van der Waals surface area contributed by atoms with Crippen molar-refractivity contribution in [1.29, 1.82) is 0 Å². The van der Waals surface area contributed by atoms with Crippen LogP contribution in [-0.2, 0) is 4.79 Å². The molecule has 72 valence electrons. The first kappa shape index (κ1) is 9.62. The first-order chi connectivity index (χ1) is 6.70. The molecule has 0 unspecified atom stereocenters. The van der Waals surface area contributed by atoms with Crippen molar-refractivity contribution in [1.82, 2.24) is 0 Å². The van der Waals surface area contributed by atoms with Crippen LogP contribution >= 0.6 is 23.4 Å². The van der Waals surface area contributed by atoms with Crippen molar-refractivity contribution in [2.24, 2.45) is 5.73 Å². The first-order valence-corrected chi connectivity index (χ1v) is 5.47. The summed E-state index contributed by atoms with van der Waals surface area (Å²) in [5.41, 5.74) is 6.63. The van der Waals surface area contributed by atoms with Crippen LogP contribution in [0.4, 0.5) is 0 Å². The Morgan fingerprint density at radius 3 is 2.86 bits per heavy atom. The van der Waals surface area contributed by atoms with Crippen molar-refractivity contribution in [3.05, 3.63) is 35.4 Å². The van der Waals surface area contributed by atoms with E-state index in [0.717, 1.165) is 10.5 Å². The number of primary amides is 1. The highest BCUT2D eigenvalue weighted by atomic mass is 35.5. The van der Waals surface area contributed by atoms with Crippen molar-refractivity contribution < 1.29 is 4.79 Å². The number of carbonyl (C=O) groups is 1. The minimum absolute atomic E-state index is 0.433. The minimum Gasteiger partial charge on any atom is -0.366 e. The molecule has 0 atom stereocenters. The predicted octanol–water partition coefficient (Wildman–Crippen LogP) is 2.23. The highest BCUT2D eigenvalue weighted by Gasteiger charge is 2.20. The molecule has 0 radical (unpaired) electrons. The Hall–Kier alpha value is -0.930. The molecule has 0 aromatic heterocycles. The second-order valence-corrected chi connectivity index (χ2v) is 4.34. The molecule has 1 aliphatic heterocycles. The Morgan fingerprint density at radius 1 is 1.43 bits per heavy atom. The van der Waals surface area contributed by atoms with Crippen LogP contribution < -0.4 is 5.73 Å². The Balaban J connectivity index is 2.56. The summed E-state index contributed by atoms with van der Waals surface area (Å²) in [6, 6.07) is 7.73. The Morgan fingerprint density at radius 2 is 2.14 bits per heavy atom. The summed E-state index contributed by atoms with van der Waals surface area (Å²) in [4.78, 5) is 12.1. The molecule has 2 nitrogen and oxygen atoms in total. The van der Waals surface area contributed by atoms with Crippen LogP contribution in [0.1, 0.15) is 5.56 Å². The Bertz CT molecular complexity index is 428. The number of amides is 1. The molecule has 1 aliphatic rings. The van der Waals surface area contributed by atoms with Gasteiger partial charge in [-0.25, -0.2) is 0 Å². The van der Waals surface area contributed by atoms with Crippen LogP contribution in [-0.4, -0.2) is 11.7 Å². The second-order valence-electron chi connectivity index (χ2n) is 2.94. The van der Waals surface area contributed by atoms with E-state index < -0.39 is 5.91 Å². The average Bonchev–Trinajstić information content (AvgIpc) is 2.18. The van der Waals surface area contributed by atoms with E-state index >= 15 is 0 Å². The maximum absolute atomic E-state index is 11.0. The average molecular weight is 226 g/mol. The van der Waals surface area contributed by atoms with Crippen LogP contribution in [0, 0.1) is 0 Å². The molecule has 1 amide bonds. The SMILES string of the molecule is NC(=O)C1=C(Cl)c2ccccc2SC1. The summed E-state index contributed by atoms with van der Waals surface area (Å²) in [5, 5.41) is 0.492. The Labute approximate surface area is 91.1 Å². The van der Waals surface area contributed by atoms with Gasteiger partial charge in [-0.05, 0) is 6.07 Å². The largest absolute Gasteiger partial charge is 0.366 e. The van der Waals surface area contributed by atoms with Crippen LogP contribution in [0.5, 0.6) is 0 Å². The number of nitrogens with two attached hydrogens (primary N) is 1. The van der Waals surface area contributed by atoms with Crippen LogP contribution in [0.3, 0.4) is 0 Å². The number of hydrogen-bond acceptors (Lipinski definition) is 2. The third-order valence-corrected chi connectivity index (χ3v) is 3.59. The molecule has 1 aromatic rings. The molecular weight excluding hydrogens is 218 g/mol. The van der Waals surface area contributed by atoms with Gasteiger partial charge in [0.1, 0.15) is 0 Å². The lowest BCUT2D eigenvalue weighted by molar-refractivity contribution is -0.114. The van der Waals surface area contributed by atoms with Crippen molar-refractivity contribution in [3.8, 4) is 0 Å². The van der Waals surface area contributed by atoms with Gasteiger partial charge in [0.05, 0.1) is 5.03 Å². The maximum atomic E-state index is 11.0. The molecule has 2 rings (SSSR count). The summed E-state index contributed by atoms with van der Waals surface area (Å²) in [7, 11) is 0. The fourth-order valence-corrected chi connectivity index (χ4v) is 2.88. The van der Waals surface area contributed by atoms with E-state index in [1.807, 2.05) is 24.3 Å². The molecule has 0 spiro atoms. The zero-order valence-corrected chi connectivity index (χ0v) is 8.86. The number of hydrogen-bond donors (Lipinski definition) is 1. The number of fused-ring (bicyclic) bond motifs is 1. The monoisotopic (exact) mass is 225 g/mol. The minimum atomic E-state index is -0.433. The molecule has 0 aliphatic carbocycles. The molecule has 14 heavy (non-hydrogen) atoms. The molecule has 0 bridgehead atoms. The predicted molar refractivity (Wildman–Crippen MR) is 59.1 cm³/mol. The van der Waals surface area contributed by atoms with Crippen molar-refractivity contribution in [2.45, 2.75) is 4.90 Å². The third-order valence-electron chi connectivity index (χ3n) is 2.06. The summed E-state index contributed by atoms with van der Waals surface area (Å²) in [6.45, 7) is 0. The van der Waals surface area contributed by atoms with E-state index in [-0.39, 0.29) is 0 Å². The van der Waals surface area contributed by atoms with Gasteiger partial charge in [0.2, 0.25) is 5.91 Å². The van der Waals surface area contributed by atoms with E-state index in [9.17, 15) is 4.79 Å². The van der Waals surface area contributed by atoms with Crippen molar-refractivity contribution in [3.63, 3.8) is 0 Å².